The van der Waals surface area contributed by atoms with E-state index in [-0.39, 0.29) is 5.56 Å². The largest absolute Gasteiger partial charge is 0.496 e. The molecule has 15 heavy (non-hydrogen) atoms. The summed E-state index contributed by atoms with van der Waals surface area (Å²) >= 11 is 0. The minimum absolute atomic E-state index is 0.179. The summed E-state index contributed by atoms with van der Waals surface area (Å²) in [6.45, 7) is 1.48. The minimum atomic E-state index is -4.66. The first-order chi connectivity index (χ1) is 6.88. The first kappa shape index (κ1) is 11.8. The van der Waals surface area contributed by atoms with E-state index in [9.17, 15) is 13.2 Å². The van der Waals surface area contributed by atoms with E-state index in [2.05, 4.69) is 0 Å². The van der Waals surface area contributed by atoms with Crippen LogP contribution in [0.4, 0.5) is 13.2 Å². The number of halogens is 3. The van der Waals surface area contributed by atoms with Gasteiger partial charge in [0.15, 0.2) is 6.10 Å². The first-order valence-corrected chi connectivity index (χ1v) is 4.26. The first-order valence-electron chi connectivity index (χ1n) is 4.26. The molecule has 0 aliphatic carbocycles. The summed E-state index contributed by atoms with van der Waals surface area (Å²) in [5.74, 6) is 0.329. The Morgan fingerprint density at radius 1 is 1.33 bits per heavy atom. The molecule has 1 N–H and O–H groups in total. The Kier molecular flexibility index (Phi) is 3.24. The number of aliphatic hydroxyl groups is 1. The molecule has 5 heteroatoms. The number of rotatable bonds is 2. The van der Waals surface area contributed by atoms with Gasteiger partial charge >= 0.3 is 6.18 Å². The van der Waals surface area contributed by atoms with Crippen LogP contribution in [0.25, 0.3) is 0 Å². The van der Waals surface area contributed by atoms with Crippen LogP contribution in [-0.4, -0.2) is 18.4 Å². The van der Waals surface area contributed by atoms with Gasteiger partial charge in [-0.2, -0.15) is 13.2 Å². The highest BCUT2D eigenvalue weighted by Gasteiger charge is 2.40. The van der Waals surface area contributed by atoms with Crippen molar-refractivity contribution in [3.63, 3.8) is 0 Å². The summed E-state index contributed by atoms with van der Waals surface area (Å²) in [4.78, 5) is 0. The smallest absolute Gasteiger partial charge is 0.418 e. The van der Waals surface area contributed by atoms with Crippen LogP contribution in [0.15, 0.2) is 18.2 Å². The van der Waals surface area contributed by atoms with Crippen LogP contribution in [0, 0.1) is 6.92 Å². The minimum Gasteiger partial charge on any atom is -0.496 e. The van der Waals surface area contributed by atoms with Crippen molar-refractivity contribution in [2.45, 2.75) is 19.2 Å². The highest BCUT2D eigenvalue weighted by Crippen LogP contribution is 2.36. The number of benzene rings is 1. The van der Waals surface area contributed by atoms with E-state index in [4.69, 9.17) is 9.84 Å². The topological polar surface area (TPSA) is 29.5 Å². The van der Waals surface area contributed by atoms with Crippen molar-refractivity contribution >= 4 is 0 Å². The third-order valence-corrected chi connectivity index (χ3v) is 2.15. The summed E-state index contributed by atoms with van der Waals surface area (Å²) in [5, 5.41) is 9.08. The fourth-order valence-corrected chi connectivity index (χ4v) is 1.33. The normalized spacial score (nSPS) is 13.7. The second kappa shape index (κ2) is 4.10. The van der Waals surface area contributed by atoms with Crippen molar-refractivity contribution in [2.75, 3.05) is 7.11 Å². The van der Waals surface area contributed by atoms with Crippen molar-refractivity contribution in [3.05, 3.63) is 29.3 Å². The van der Waals surface area contributed by atoms with Crippen molar-refractivity contribution in [3.8, 4) is 5.75 Å². The lowest BCUT2D eigenvalue weighted by Crippen LogP contribution is -2.21. The van der Waals surface area contributed by atoms with Crippen molar-refractivity contribution in [1.29, 1.82) is 0 Å². The fraction of sp³-hybridized carbons (Fsp3) is 0.400. The number of methoxy groups -OCH3 is 1. The van der Waals surface area contributed by atoms with E-state index in [0.717, 1.165) is 0 Å². The molecule has 0 saturated heterocycles. The number of hydrogen-bond acceptors (Lipinski definition) is 2. The van der Waals surface area contributed by atoms with Gasteiger partial charge in [0.05, 0.1) is 7.11 Å². The SMILES string of the molecule is COc1cccc(C(O)C(F)(F)F)c1C. The van der Waals surface area contributed by atoms with Gasteiger partial charge in [-0.3, -0.25) is 0 Å². The second-order valence-electron chi connectivity index (χ2n) is 3.12. The molecule has 0 saturated carbocycles. The molecule has 2 nitrogen and oxygen atoms in total. The highest BCUT2D eigenvalue weighted by atomic mass is 19.4. The van der Waals surface area contributed by atoms with Gasteiger partial charge in [-0.25, -0.2) is 0 Å². The maximum Gasteiger partial charge on any atom is 0.418 e. The quantitative estimate of drug-likeness (QED) is 0.830. The third kappa shape index (κ3) is 2.41. The Balaban J connectivity index is 3.15. The van der Waals surface area contributed by atoms with Crippen molar-refractivity contribution < 1.29 is 23.0 Å². The van der Waals surface area contributed by atoms with E-state index in [1.165, 1.54) is 26.2 Å². The van der Waals surface area contributed by atoms with Gasteiger partial charge in [0.25, 0.3) is 0 Å². The molecule has 0 bridgehead atoms. The molecular formula is C10H11F3O2. The lowest BCUT2D eigenvalue weighted by Gasteiger charge is -2.18. The number of aliphatic hydroxyl groups excluding tert-OH is 1. The summed E-state index contributed by atoms with van der Waals surface area (Å²) in [7, 11) is 1.37. The van der Waals surface area contributed by atoms with E-state index in [0.29, 0.717) is 11.3 Å². The van der Waals surface area contributed by atoms with Crippen LogP contribution in [0.2, 0.25) is 0 Å². The van der Waals surface area contributed by atoms with Gasteiger partial charge < -0.3 is 9.84 Å². The summed E-state index contributed by atoms with van der Waals surface area (Å²) in [6, 6.07) is 4.19. The molecule has 1 aromatic rings. The zero-order chi connectivity index (χ0) is 11.6. The van der Waals surface area contributed by atoms with Gasteiger partial charge in [-0.1, -0.05) is 12.1 Å². The van der Waals surface area contributed by atoms with Crippen LogP contribution in [0.1, 0.15) is 17.2 Å². The van der Waals surface area contributed by atoms with Crippen LogP contribution in [0.5, 0.6) is 5.75 Å². The molecular weight excluding hydrogens is 209 g/mol. The Bertz CT molecular complexity index is 347. The zero-order valence-electron chi connectivity index (χ0n) is 8.30. The van der Waals surface area contributed by atoms with Gasteiger partial charge in [-0.05, 0) is 24.1 Å². The summed E-state index contributed by atoms with van der Waals surface area (Å²) in [5.41, 5.74) is 0.117. The predicted octanol–water partition coefficient (Wildman–Crippen LogP) is 2.60. The van der Waals surface area contributed by atoms with Crippen LogP contribution in [0.3, 0.4) is 0 Å². The number of ether oxygens (including phenoxy) is 1. The van der Waals surface area contributed by atoms with Gasteiger partial charge in [0, 0.05) is 0 Å². The standard InChI is InChI=1S/C10H11F3O2/c1-6-7(9(14)10(11,12)13)4-3-5-8(6)15-2/h3-5,9,14H,1-2H3. The molecule has 0 heterocycles. The van der Waals surface area contributed by atoms with Crippen molar-refractivity contribution in [2.24, 2.45) is 0 Å². The molecule has 0 amide bonds. The Morgan fingerprint density at radius 3 is 2.40 bits per heavy atom. The number of hydrogen-bond donors (Lipinski definition) is 1. The molecule has 0 aliphatic rings. The molecule has 1 aromatic carbocycles. The lowest BCUT2D eigenvalue weighted by molar-refractivity contribution is -0.207. The van der Waals surface area contributed by atoms with Gasteiger partial charge in [0.1, 0.15) is 5.75 Å². The van der Waals surface area contributed by atoms with E-state index < -0.39 is 12.3 Å². The van der Waals surface area contributed by atoms with Crippen LogP contribution < -0.4 is 4.74 Å². The molecule has 0 fully saturated rings. The fourth-order valence-electron chi connectivity index (χ4n) is 1.33. The molecule has 0 radical (unpaired) electrons. The number of alkyl halides is 3. The third-order valence-electron chi connectivity index (χ3n) is 2.15. The van der Waals surface area contributed by atoms with Crippen molar-refractivity contribution in [1.82, 2.24) is 0 Å². The van der Waals surface area contributed by atoms with Crippen LogP contribution >= 0.6 is 0 Å². The van der Waals surface area contributed by atoms with E-state index in [1.54, 1.807) is 6.07 Å². The van der Waals surface area contributed by atoms with Crippen LogP contribution in [-0.2, 0) is 0 Å². The predicted molar refractivity (Wildman–Crippen MR) is 48.7 cm³/mol. The zero-order valence-corrected chi connectivity index (χ0v) is 8.30. The summed E-state index contributed by atoms with van der Waals surface area (Å²) in [6.07, 6.45) is -7.12. The Morgan fingerprint density at radius 2 is 1.93 bits per heavy atom. The lowest BCUT2D eigenvalue weighted by atomic mass is 10.0. The maximum atomic E-state index is 12.3. The van der Waals surface area contributed by atoms with E-state index >= 15 is 0 Å². The molecule has 0 aliphatic heterocycles. The monoisotopic (exact) mass is 220 g/mol. The van der Waals surface area contributed by atoms with Gasteiger partial charge in [-0.15, -0.1) is 0 Å². The molecule has 1 atom stereocenters. The molecule has 84 valence electrons. The highest BCUT2D eigenvalue weighted by molar-refractivity contribution is 5.40. The molecule has 1 unspecified atom stereocenters. The summed E-state index contributed by atoms with van der Waals surface area (Å²) < 4.78 is 41.6. The Labute approximate surface area is 85.3 Å². The molecule has 0 spiro atoms. The average molecular weight is 220 g/mol. The average Bonchev–Trinajstić information content (AvgIpc) is 2.16. The van der Waals surface area contributed by atoms with E-state index in [1.807, 2.05) is 0 Å². The maximum absolute atomic E-state index is 12.3. The molecule has 1 rings (SSSR count). The second-order valence-corrected chi connectivity index (χ2v) is 3.12. The Hall–Kier alpha value is -1.23. The molecule has 0 aromatic heterocycles. The van der Waals surface area contributed by atoms with Gasteiger partial charge in [0.2, 0.25) is 0 Å².